The third kappa shape index (κ3) is 2.06. The molecule has 2 aliphatic heterocycles. The van der Waals surface area contributed by atoms with Gasteiger partial charge in [0.1, 0.15) is 0 Å². The molecule has 0 aliphatic carbocycles. The highest BCUT2D eigenvalue weighted by atomic mass is 15.2. The topological polar surface area (TPSA) is 3.24 Å². The van der Waals surface area contributed by atoms with Crippen molar-refractivity contribution in [2.45, 2.75) is 24.8 Å². The predicted molar refractivity (Wildman–Crippen MR) is 82.8 cm³/mol. The Morgan fingerprint density at radius 1 is 0.850 bits per heavy atom. The number of fused-ring (bicyclic) bond motifs is 2. The van der Waals surface area contributed by atoms with E-state index in [1.165, 1.54) is 37.1 Å². The van der Waals surface area contributed by atoms with E-state index in [4.69, 9.17) is 0 Å². The average Bonchev–Trinajstić information content (AvgIpc) is 3.13. The zero-order chi connectivity index (χ0) is 13.4. The molecule has 2 bridgehead atoms. The lowest BCUT2D eigenvalue weighted by atomic mass is 9.81. The molecule has 2 heterocycles. The van der Waals surface area contributed by atoms with E-state index in [1.54, 1.807) is 0 Å². The molecular weight excluding hydrogens is 242 g/mol. The molecule has 0 radical (unpaired) electrons. The Hall–Kier alpha value is -1.60. The van der Waals surface area contributed by atoms with Gasteiger partial charge in [-0.1, -0.05) is 60.7 Å². The summed E-state index contributed by atoms with van der Waals surface area (Å²) in [6.45, 7) is 2.62. The van der Waals surface area contributed by atoms with Crippen LogP contribution in [0.2, 0.25) is 0 Å². The second-order valence-corrected chi connectivity index (χ2v) is 6.25. The van der Waals surface area contributed by atoms with E-state index < -0.39 is 0 Å². The number of benzene rings is 2. The minimum absolute atomic E-state index is 0.530. The molecule has 102 valence electrons. The molecule has 20 heavy (non-hydrogen) atoms. The van der Waals surface area contributed by atoms with Gasteiger partial charge >= 0.3 is 0 Å². The molecule has 0 aromatic heterocycles. The van der Waals surface area contributed by atoms with Crippen molar-refractivity contribution in [2.24, 2.45) is 5.92 Å². The lowest BCUT2D eigenvalue weighted by Gasteiger charge is -2.33. The van der Waals surface area contributed by atoms with Crippen LogP contribution in [-0.4, -0.2) is 24.0 Å². The summed E-state index contributed by atoms with van der Waals surface area (Å²) in [7, 11) is 0. The van der Waals surface area contributed by atoms with E-state index in [9.17, 15) is 0 Å². The minimum atomic E-state index is 0.530. The molecule has 2 saturated heterocycles. The Balaban J connectivity index is 1.74. The van der Waals surface area contributed by atoms with Crippen LogP contribution < -0.4 is 0 Å². The highest BCUT2D eigenvalue weighted by Crippen LogP contribution is 2.42. The molecule has 4 rings (SSSR count). The van der Waals surface area contributed by atoms with Crippen LogP contribution in [0.5, 0.6) is 0 Å². The van der Waals surface area contributed by atoms with Gasteiger partial charge in [0.2, 0.25) is 0 Å². The van der Waals surface area contributed by atoms with Crippen LogP contribution in [0, 0.1) is 5.92 Å². The van der Waals surface area contributed by atoms with Crippen LogP contribution in [0.25, 0.3) is 0 Å². The van der Waals surface area contributed by atoms with Gasteiger partial charge in [0, 0.05) is 18.5 Å². The third-order valence-corrected chi connectivity index (χ3v) is 5.06. The SMILES string of the molecule is c1ccc(C(c2ccccc2)C2CC3CCN2C3)cc1. The molecule has 0 amide bonds. The van der Waals surface area contributed by atoms with Crippen molar-refractivity contribution in [2.75, 3.05) is 13.1 Å². The summed E-state index contributed by atoms with van der Waals surface area (Å²) in [5.74, 6) is 1.47. The van der Waals surface area contributed by atoms with Gasteiger partial charge in [-0.15, -0.1) is 0 Å². The first kappa shape index (κ1) is 12.2. The first-order chi connectivity index (χ1) is 9.92. The van der Waals surface area contributed by atoms with Gasteiger partial charge in [0.05, 0.1) is 0 Å². The molecular formula is C19H21N. The lowest BCUT2D eigenvalue weighted by molar-refractivity contribution is 0.241. The second-order valence-electron chi connectivity index (χ2n) is 6.25. The number of rotatable bonds is 3. The van der Waals surface area contributed by atoms with Gasteiger partial charge in [-0.2, -0.15) is 0 Å². The predicted octanol–water partition coefficient (Wildman–Crippen LogP) is 3.91. The van der Waals surface area contributed by atoms with Crippen molar-refractivity contribution in [3.05, 3.63) is 71.8 Å². The van der Waals surface area contributed by atoms with Gasteiger partial charge < -0.3 is 0 Å². The van der Waals surface area contributed by atoms with E-state index in [0.717, 1.165) is 5.92 Å². The molecule has 3 unspecified atom stereocenters. The van der Waals surface area contributed by atoms with Crippen LogP contribution in [0.15, 0.2) is 60.7 Å². The molecule has 0 spiro atoms. The third-order valence-electron chi connectivity index (χ3n) is 5.06. The number of nitrogens with zero attached hydrogens (tertiary/aromatic N) is 1. The van der Waals surface area contributed by atoms with Gasteiger partial charge in [-0.05, 0) is 36.4 Å². The maximum Gasteiger partial charge on any atom is 0.0245 e. The summed E-state index contributed by atoms with van der Waals surface area (Å²) >= 11 is 0. The van der Waals surface area contributed by atoms with Crippen molar-refractivity contribution in [3.8, 4) is 0 Å². The maximum atomic E-state index is 2.72. The fourth-order valence-electron chi connectivity index (χ4n) is 4.15. The van der Waals surface area contributed by atoms with E-state index >= 15 is 0 Å². The lowest BCUT2D eigenvalue weighted by Crippen LogP contribution is -2.35. The second kappa shape index (κ2) is 5.06. The van der Waals surface area contributed by atoms with Crippen LogP contribution in [0.4, 0.5) is 0 Å². The zero-order valence-electron chi connectivity index (χ0n) is 11.8. The molecule has 1 heteroatoms. The molecule has 0 N–H and O–H groups in total. The highest BCUT2D eigenvalue weighted by molar-refractivity contribution is 5.35. The molecule has 3 atom stereocenters. The van der Waals surface area contributed by atoms with Crippen LogP contribution in [0.1, 0.15) is 29.9 Å². The Labute approximate surface area is 121 Å². The smallest absolute Gasteiger partial charge is 0.0245 e. The van der Waals surface area contributed by atoms with E-state index in [2.05, 4.69) is 65.6 Å². The molecule has 2 aliphatic rings. The van der Waals surface area contributed by atoms with Gasteiger partial charge in [-0.25, -0.2) is 0 Å². The van der Waals surface area contributed by atoms with Crippen molar-refractivity contribution >= 4 is 0 Å². The molecule has 2 aromatic carbocycles. The zero-order valence-corrected chi connectivity index (χ0v) is 11.8. The van der Waals surface area contributed by atoms with E-state index in [0.29, 0.717) is 12.0 Å². The first-order valence-electron chi connectivity index (χ1n) is 7.76. The Bertz CT molecular complexity index is 523. The molecule has 1 nitrogen and oxygen atoms in total. The van der Waals surface area contributed by atoms with Crippen LogP contribution >= 0.6 is 0 Å². The van der Waals surface area contributed by atoms with Crippen molar-refractivity contribution in [3.63, 3.8) is 0 Å². The maximum absolute atomic E-state index is 2.72. The van der Waals surface area contributed by atoms with Crippen molar-refractivity contribution < 1.29 is 0 Å². The van der Waals surface area contributed by atoms with Gasteiger partial charge in [-0.3, -0.25) is 4.90 Å². The van der Waals surface area contributed by atoms with Crippen molar-refractivity contribution in [1.82, 2.24) is 4.90 Å². The molecule has 2 aromatic rings. The van der Waals surface area contributed by atoms with Crippen molar-refractivity contribution in [1.29, 1.82) is 0 Å². The van der Waals surface area contributed by atoms with E-state index in [-0.39, 0.29) is 0 Å². The van der Waals surface area contributed by atoms with Gasteiger partial charge in [0.15, 0.2) is 0 Å². The number of hydrogen-bond donors (Lipinski definition) is 0. The summed E-state index contributed by atoms with van der Waals surface area (Å²) in [6, 6.07) is 22.8. The summed E-state index contributed by atoms with van der Waals surface area (Å²) in [6.07, 6.45) is 2.78. The highest BCUT2D eigenvalue weighted by Gasteiger charge is 2.42. The van der Waals surface area contributed by atoms with Crippen LogP contribution in [0.3, 0.4) is 0 Å². The summed E-state index contributed by atoms with van der Waals surface area (Å²) in [5.41, 5.74) is 2.94. The molecule has 2 fully saturated rings. The number of piperidine rings is 1. The standard InChI is InChI=1S/C19H21N/c1-3-7-16(8-4-1)19(17-9-5-2-6-10-17)18-13-15-11-12-20(18)14-15/h1-10,15,18-19H,11-14H2. The number of hydrogen-bond acceptors (Lipinski definition) is 1. The van der Waals surface area contributed by atoms with Crippen LogP contribution in [-0.2, 0) is 0 Å². The molecule has 0 saturated carbocycles. The monoisotopic (exact) mass is 263 g/mol. The van der Waals surface area contributed by atoms with Gasteiger partial charge in [0.25, 0.3) is 0 Å². The Morgan fingerprint density at radius 3 is 1.90 bits per heavy atom. The summed E-state index contributed by atoms with van der Waals surface area (Å²) in [5, 5.41) is 0. The summed E-state index contributed by atoms with van der Waals surface area (Å²) < 4.78 is 0. The summed E-state index contributed by atoms with van der Waals surface area (Å²) in [4.78, 5) is 2.72. The minimum Gasteiger partial charge on any atom is -0.299 e. The van der Waals surface area contributed by atoms with E-state index in [1.807, 2.05) is 0 Å². The fraction of sp³-hybridized carbons (Fsp3) is 0.368. The Kier molecular flexibility index (Phi) is 3.08. The quantitative estimate of drug-likeness (QED) is 0.811. The fourth-order valence-corrected chi connectivity index (χ4v) is 4.15. The largest absolute Gasteiger partial charge is 0.299 e. The first-order valence-corrected chi connectivity index (χ1v) is 7.76. The normalized spacial score (nSPS) is 28.1. The average molecular weight is 263 g/mol. The Morgan fingerprint density at radius 2 is 1.45 bits per heavy atom.